The summed E-state index contributed by atoms with van der Waals surface area (Å²) < 4.78 is 5.12. The summed E-state index contributed by atoms with van der Waals surface area (Å²) in [4.78, 5) is 5.01. The van der Waals surface area contributed by atoms with Gasteiger partial charge >= 0.3 is 0 Å². The van der Waals surface area contributed by atoms with E-state index in [1.165, 1.54) is 79.2 Å². The van der Waals surface area contributed by atoms with Gasteiger partial charge in [0.25, 0.3) is 0 Å². The highest BCUT2D eigenvalue weighted by Crippen LogP contribution is 2.51. The normalized spacial score (nSPS) is 11.5. The number of thiophene rings is 2. The molecule has 0 saturated heterocycles. The molecule has 0 aliphatic carbocycles. The Morgan fingerprint density at radius 3 is 1.50 bits per heavy atom. The summed E-state index contributed by atoms with van der Waals surface area (Å²) in [5, 5.41) is 7.49. The van der Waals surface area contributed by atoms with Crippen molar-refractivity contribution in [1.82, 2.24) is 0 Å². The number of para-hydroxylation sites is 2. The Morgan fingerprint density at radius 1 is 0.250 bits per heavy atom. The highest BCUT2D eigenvalue weighted by atomic mass is 32.1. The van der Waals surface area contributed by atoms with Gasteiger partial charge in [0.15, 0.2) is 0 Å². The van der Waals surface area contributed by atoms with Crippen LogP contribution in [0, 0.1) is 0 Å². The number of hydrogen-bond acceptors (Lipinski definition) is 4. The topological polar surface area (TPSA) is 6.48 Å². The second-order valence-electron chi connectivity index (χ2n) is 17.2. The molecular formula is C64H42N2S2. The molecule has 0 spiro atoms. The first-order valence-corrected chi connectivity index (χ1v) is 24.7. The van der Waals surface area contributed by atoms with Crippen molar-refractivity contribution in [1.29, 1.82) is 0 Å². The van der Waals surface area contributed by atoms with E-state index in [1.807, 2.05) is 22.7 Å². The molecule has 13 aromatic rings. The van der Waals surface area contributed by atoms with E-state index in [-0.39, 0.29) is 0 Å². The van der Waals surface area contributed by atoms with Crippen molar-refractivity contribution in [2.45, 2.75) is 0 Å². The molecule has 4 heteroatoms. The van der Waals surface area contributed by atoms with Crippen molar-refractivity contribution in [2.75, 3.05) is 9.80 Å². The Morgan fingerprint density at radius 2 is 0.750 bits per heavy atom. The number of nitrogens with zero attached hydrogens (tertiary/aromatic N) is 2. The molecule has 2 heterocycles. The standard InChI is InChI=1S/C64H42N2S2/c1-3-20-43(21-4-1)47-40-41-57(51-29-8-7-28-50(47)51)66(55-33-13-9-26-48(55)44-22-5-2-6-23-44)56-34-14-10-27-49(56)45-24-17-25-46(42-45)65(58-35-19-39-62-63(58)54-31-12-16-38-61(54)67-62)59-36-18-32-53-52-30-11-15-37-60(52)68-64(53)59/h1-42H. The minimum absolute atomic E-state index is 1.09. The van der Waals surface area contributed by atoms with Crippen molar-refractivity contribution in [2.24, 2.45) is 0 Å². The quantitative estimate of drug-likeness (QED) is 0.142. The van der Waals surface area contributed by atoms with Crippen LogP contribution in [0.5, 0.6) is 0 Å². The van der Waals surface area contributed by atoms with E-state index in [9.17, 15) is 0 Å². The fraction of sp³-hybridized carbons (Fsp3) is 0. The first kappa shape index (κ1) is 40.0. The van der Waals surface area contributed by atoms with Crippen LogP contribution in [0.2, 0.25) is 0 Å². The van der Waals surface area contributed by atoms with Gasteiger partial charge in [-0.25, -0.2) is 0 Å². The van der Waals surface area contributed by atoms with Gasteiger partial charge in [0, 0.05) is 57.8 Å². The summed E-state index contributed by atoms with van der Waals surface area (Å²) >= 11 is 3.74. The average molecular weight is 903 g/mol. The van der Waals surface area contributed by atoms with Crippen LogP contribution in [0.15, 0.2) is 255 Å². The first-order chi connectivity index (χ1) is 33.8. The number of rotatable bonds is 9. The van der Waals surface area contributed by atoms with Crippen molar-refractivity contribution >= 4 is 108 Å². The summed E-state index contributed by atoms with van der Waals surface area (Å²) in [5.74, 6) is 0. The zero-order valence-corrected chi connectivity index (χ0v) is 38.6. The van der Waals surface area contributed by atoms with E-state index in [0.717, 1.165) is 39.4 Å². The lowest BCUT2D eigenvalue weighted by atomic mass is 9.94. The highest BCUT2D eigenvalue weighted by Gasteiger charge is 2.25. The Hall–Kier alpha value is -8.28. The maximum absolute atomic E-state index is 2.52. The molecule has 0 unspecified atom stereocenters. The molecule has 320 valence electrons. The van der Waals surface area contributed by atoms with E-state index in [2.05, 4.69) is 265 Å². The maximum atomic E-state index is 2.52. The molecule has 11 aromatic carbocycles. The molecule has 13 rings (SSSR count). The Balaban J connectivity index is 1.05. The second-order valence-corrected chi connectivity index (χ2v) is 19.3. The largest absolute Gasteiger partial charge is 0.309 e. The van der Waals surface area contributed by atoms with Crippen molar-refractivity contribution in [3.63, 3.8) is 0 Å². The average Bonchev–Trinajstić information content (AvgIpc) is 3.99. The van der Waals surface area contributed by atoms with E-state index in [1.54, 1.807) is 0 Å². The maximum Gasteiger partial charge on any atom is 0.0640 e. The second kappa shape index (κ2) is 16.9. The number of hydrogen-bond donors (Lipinski definition) is 0. The summed E-state index contributed by atoms with van der Waals surface area (Å²) in [6.45, 7) is 0. The van der Waals surface area contributed by atoms with Crippen LogP contribution in [0.1, 0.15) is 0 Å². The van der Waals surface area contributed by atoms with Crippen LogP contribution >= 0.6 is 22.7 Å². The Labute approximate surface area is 403 Å². The molecule has 0 radical (unpaired) electrons. The van der Waals surface area contributed by atoms with Crippen LogP contribution in [-0.4, -0.2) is 0 Å². The van der Waals surface area contributed by atoms with Gasteiger partial charge in [-0.2, -0.15) is 0 Å². The van der Waals surface area contributed by atoms with E-state index < -0.39 is 0 Å². The number of benzene rings is 11. The predicted molar refractivity (Wildman–Crippen MR) is 295 cm³/mol. The molecule has 0 N–H and O–H groups in total. The Kier molecular flexibility index (Phi) is 9.93. The van der Waals surface area contributed by atoms with Gasteiger partial charge in [0.2, 0.25) is 0 Å². The molecule has 0 saturated carbocycles. The summed E-state index contributed by atoms with van der Waals surface area (Å²) in [6, 6.07) is 93.2. The van der Waals surface area contributed by atoms with Crippen LogP contribution < -0.4 is 9.80 Å². The van der Waals surface area contributed by atoms with Crippen molar-refractivity contribution in [3.05, 3.63) is 255 Å². The fourth-order valence-corrected chi connectivity index (χ4v) is 12.6. The SMILES string of the molecule is c1ccc(-c2ccccc2N(c2ccccc2-c2cccc(N(c3cccc4c3sc3ccccc34)c3cccc4sc5ccccc5c34)c2)c2ccc(-c3ccccc3)c3ccccc23)cc1. The minimum Gasteiger partial charge on any atom is -0.309 e. The van der Waals surface area contributed by atoms with Crippen LogP contribution in [-0.2, 0) is 0 Å². The van der Waals surface area contributed by atoms with Gasteiger partial charge < -0.3 is 9.80 Å². The zero-order chi connectivity index (χ0) is 45.0. The molecule has 0 aliphatic heterocycles. The summed E-state index contributed by atoms with van der Waals surface area (Å²) in [6.07, 6.45) is 0. The van der Waals surface area contributed by atoms with Gasteiger partial charge in [-0.3, -0.25) is 0 Å². The fourth-order valence-electron chi connectivity index (χ4n) is 10.3. The highest BCUT2D eigenvalue weighted by molar-refractivity contribution is 7.26. The molecule has 2 aromatic heterocycles. The monoisotopic (exact) mass is 902 g/mol. The lowest BCUT2D eigenvalue weighted by Gasteiger charge is -2.31. The Bertz CT molecular complexity index is 4000. The van der Waals surface area contributed by atoms with E-state index in [0.29, 0.717) is 0 Å². The van der Waals surface area contributed by atoms with Crippen LogP contribution in [0.25, 0.3) is 84.5 Å². The molecular weight excluding hydrogens is 861 g/mol. The molecule has 0 aliphatic rings. The molecule has 0 fully saturated rings. The molecule has 0 atom stereocenters. The van der Waals surface area contributed by atoms with Gasteiger partial charge in [0.05, 0.1) is 33.1 Å². The molecule has 0 bridgehead atoms. The molecule has 68 heavy (non-hydrogen) atoms. The third-order valence-corrected chi connectivity index (χ3v) is 15.6. The van der Waals surface area contributed by atoms with Crippen molar-refractivity contribution in [3.8, 4) is 33.4 Å². The smallest absolute Gasteiger partial charge is 0.0640 e. The van der Waals surface area contributed by atoms with Crippen LogP contribution in [0.4, 0.5) is 34.1 Å². The van der Waals surface area contributed by atoms with E-state index >= 15 is 0 Å². The molecule has 2 nitrogen and oxygen atoms in total. The van der Waals surface area contributed by atoms with Gasteiger partial charge in [-0.1, -0.05) is 194 Å². The first-order valence-electron chi connectivity index (χ1n) is 23.1. The van der Waals surface area contributed by atoms with E-state index in [4.69, 9.17) is 0 Å². The lowest BCUT2D eigenvalue weighted by molar-refractivity contribution is 1.29. The van der Waals surface area contributed by atoms with Gasteiger partial charge in [-0.15, -0.1) is 22.7 Å². The van der Waals surface area contributed by atoms with Crippen molar-refractivity contribution < 1.29 is 0 Å². The third-order valence-electron chi connectivity index (χ3n) is 13.3. The van der Waals surface area contributed by atoms with Gasteiger partial charge in [0.1, 0.15) is 0 Å². The van der Waals surface area contributed by atoms with Crippen LogP contribution in [0.3, 0.4) is 0 Å². The summed E-state index contributed by atoms with van der Waals surface area (Å²) in [5.41, 5.74) is 13.7. The zero-order valence-electron chi connectivity index (χ0n) is 37.0. The lowest BCUT2D eigenvalue weighted by Crippen LogP contribution is -2.13. The summed E-state index contributed by atoms with van der Waals surface area (Å²) in [7, 11) is 0. The predicted octanol–water partition coefficient (Wildman–Crippen LogP) is 19.5. The number of fused-ring (bicyclic) bond motifs is 7. The molecule has 0 amide bonds. The minimum atomic E-state index is 1.09. The third kappa shape index (κ3) is 6.76. The van der Waals surface area contributed by atoms with Gasteiger partial charge in [-0.05, 0) is 88.3 Å². The number of anilines is 6.